The van der Waals surface area contributed by atoms with Crippen LogP contribution in [0.5, 0.6) is 0 Å². The quantitative estimate of drug-likeness (QED) is 0.778. The lowest BCUT2D eigenvalue weighted by Gasteiger charge is -2.26. The van der Waals surface area contributed by atoms with E-state index < -0.39 is 0 Å². The van der Waals surface area contributed by atoms with Gasteiger partial charge in [-0.3, -0.25) is 4.79 Å². The normalized spacial score (nSPS) is 16.8. The van der Waals surface area contributed by atoms with Crippen molar-refractivity contribution in [2.45, 2.75) is 25.7 Å². The van der Waals surface area contributed by atoms with Crippen molar-refractivity contribution < 1.29 is 4.79 Å². The molecule has 1 saturated heterocycles. The predicted molar refractivity (Wildman–Crippen MR) is 75.7 cm³/mol. The van der Waals surface area contributed by atoms with E-state index in [9.17, 15) is 4.79 Å². The third kappa shape index (κ3) is 3.47. The molecule has 0 amide bonds. The summed E-state index contributed by atoms with van der Waals surface area (Å²) in [5, 5.41) is 0.900. The SMILES string of the molecule is O=C(CCN1CCCCC1)c1c(Cl)cccc1Cl. The summed E-state index contributed by atoms with van der Waals surface area (Å²) < 4.78 is 0. The van der Waals surface area contributed by atoms with E-state index in [2.05, 4.69) is 4.90 Å². The van der Waals surface area contributed by atoms with E-state index >= 15 is 0 Å². The Morgan fingerprint density at radius 3 is 2.33 bits per heavy atom. The van der Waals surface area contributed by atoms with Crippen molar-refractivity contribution in [3.05, 3.63) is 33.8 Å². The van der Waals surface area contributed by atoms with Crippen molar-refractivity contribution in [1.29, 1.82) is 0 Å². The Labute approximate surface area is 118 Å². The summed E-state index contributed by atoms with van der Waals surface area (Å²) in [6, 6.07) is 5.18. The summed E-state index contributed by atoms with van der Waals surface area (Å²) in [7, 11) is 0. The van der Waals surface area contributed by atoms with Crippen LogP contribution in [0.1, 0.15) is 36.0 Å². The highest BCUT2D eigenvalue weighted by Gasteiger charge is 2.16. The third-order valence-corrected chi connectivity index (χ3v) is 3.98. The van der Waals surface area contributed by atoms with Gasteiger partial charge in [0, 0.05) is 13.0 Å². The number of Topliss-reactive ketones (excluding diaryl/α,β-unsaturated/α-hetero) is 1. The standard InChI is InChI=1S/C14H17Cl2NO/c15-11-5-4-6-12(16)14(11)13(18)7-10-17-8-2-1-3-9-17/h4-6H,1-3,7-10H2. The van der Waals surface area contributed by atoms with Crippen molar-refractivity contribution in [3.8, 4) is 0 Å². The van der Waals surface area contributed by atoms with Crippen LogP contribution >= 0.6 is 23.2 Å². The van der Waals surface area contributed by atoms with Crippen LogP contribution in [0.25, 0.3) is 0 Å². The van der Waals surface area contributed by atoms with Gasteiger partial charge in [0.1, 0.15) is 0 Å². The summed E-state index contributed by atoms with van der Waals surface area (Å²) in [6.07, 6.45) is 4.27. The maximum absolute atomic E-state index is 12.1. The third-order valence-electron chi connectivity index (χ3n) is 3.35. The highest BCUT2D eigenvalue weighted by Crippen LogP contribution is 2.25. The minimum atomic E-state index is 0.0381. The minimum Gasteiger partial charge on any atom is -0.303 e. The second kappa shape index (κ2) is 6.55. The molecule has 1 aromatic carbocycles. The smallest absolute Gasteiger partial charge is 0.167 e. The summed E-state index contributed by atoms with van der Waals surface area (Å²) >= 11 is 12.1. The van der Waals surface area contributed by atoms with Gasteiger partial charge in [-0.15, -0.1) is 0 Å². The zero-order chi connectivity index (χ0) is 13.0. The van der Waals surface area contributed by atoms with E-state index in [1.807, 2.05) is 0 Å². The van der Waals surface area contributed by atoms with Crippen molar-refractivity contribution in [1.82, 2.24) is 4.90 Å². The largest absolute Gasteiger partial charge is 0.303 e. The van der Waals surface area contributed by atoms with E-state index in [1.165, 1.54) is 19.3 Å². The molecule has 18 heavy (non-hydrogen) atoms. The maximum atomic E-state index is 12.1. The molecule has 1 fully saturated rings. The number of benzene rings is 1. The molecule has 98 valence electrons. The molecule has 0 aromatic heterocycles. The average molecular weight is 286 g/mol. The van der Waals surface area contributed by atoms with Gasteiger partial charge in [0.2, 0.25) is 0 Å². The van der Waals surface area contributed by atoms with Crippen molar-refractivity contribution in [2.24, 2.45) is 0 Å². The van der Waals surface area contributed by atoms with Gasteiger partial charge in [-0.1, -0.05) is 35.7 Å². The van der Waals surface area contributed by atoms with E-state index in [1.54, 1.807) is 18.2 Å². The van der Waals surface area contributed by atoms with Gasteiger partial charge in [-0.05, 0) is 38.1 Å². The lowest BCUT2D eigenvalue weighted by atomic mass is 10.1. The molecule has 0 unspecified atom stereocenters. The van der Waals surface area contributed by atoms with Crippen LogP contribution in [0.4, 0.5) is 0 Å². The molecule has 2 nitrogen and oxygen atoms in total. The predicted octanol–water partition coefficient (Wildman–Crippen LogP) is 4.05. The Kier molecular flexibility index (Phi) is 5.04. The van der Waals surface area contributed by atoms with Gasteiger partial charge in [0.05, 0.1) is 15.6 Å². The molecule has 0 radical (unpaired) electrons. The van der Waals surface area contributed by atoms with Gasteiger partial charge in [0.15, 0.2) is 5.78 Å². The number of likely N-dealkylation sites (tertiary alicyclic amines) is 1. The molecular weight excluding hydrogens is 269 g/mol. The average Bonchev–Trinajstić information content (AvgIpc) is 2.37. The number of nitrogens with zero attached hydrogens (tertiary/aromatic N) is 1. The number of rotatable bonds is 4. The molecule has 1 aliphatic heterocycles. The Hall–Kier alpha value is -0.570. The summed E-state index contributed by atoms with van der Waals surface area (Å²) in [5.41, 5.74) is 0.470. The highest BCUT2D eigenvalue weighted by atomic mass is 35.5. The first kappa shape index (κ1) is 13.9. The van der Waals surface area contributed by atoms with Crippen LogP contribution in [-0.2, 0) is 0 Å². The number of ketones is 1. The van der Waals surface area contributed by atoms with E-state index in [0.29, 0.717) is 22.0 Å². The highest BCUT2D eigenvalue weighted by molar-refractivity contribution is 6.39. The number of halogens is 2. The summed E-state index contributed by atoms with van der Waals surface area (Å²) in [6.45, 7) is 3.01. The lowest BCUT2D eigenvalue weighted by Crippen LogP contribution is -2.31. The van der Waals surface area contributed by atoms with Crippen LogP contribution in [-0.4, -0.2) is 30.3 Å². The Morgan fingerprint density at radius 1 is 1.11 bits per heavy atom. The van der Waals surface area contributed by atoms with Crippen LogP contribution in [0.2, 0.25) is 10.0 Å². The van der Waals surface area contributed by atoms with Crippen LogP contribution in [0, 0.1) is 0 Å². The lowest BCUT2D eigenvalue weighted by molar-refractivity contribution is 0.0959. The summed E-state index contributed by atoms with van der Waals surface area (Å²) in [4.78, 5) is 14.5. The summed E-state index contributed by atoms with van der Waals surface area (Å²) in [5.74, 6) is 0.0381. The molecule has 0 spiro atoms. The minimum absolute atomic E-state index is 0.0381. The molecular formula is C14H17Cl2NO. The van der Waals surface area contributed by atoms with Crippen LogP contribution < -0.4 is 0 Å². The van der Waals surface area contributed by atoms with E-state index in [-0.39, 0.29) is 5.78 Å². The number of carbonyl (C=O) groups excluding carboxylic acids is 1. The van der Waals surface area contributed by atoms with Crippen molar-refractivity contribution in [2.75, 3.05) is 19.6 Å². The fourth-order valence-corrected chi connectivity index (χ4v) is 2.94. The monoisotopic (exact) mass is 285 g/mol. The zero-order valence-corrected chi connectivity index (χ0v) is 11.8. The molecule has 0 aliphatic carbocycles. The van der Waals surface area contributed by atoms with Crippen molar-refractivity contribution in [3.63, 3.8) is 0 Å². The second-order valence-electron chi connectivity index (χ2n) is 4.67. The topological polar surface area (TPSA) is 20.3 Å². The number of piperidine rings is 1. The van der Waals surface area contributed by atoms with E-state index in [4.69, 9.17) is 23.2 Å². The van der Waals surface area contributed by atoms with Gasteiger partial charge < -0.3 is 4.90 Å². The Morgan fingerprint density at radius 2 is 1.72 bits per heavy atom. The van der Waals surface area contributed by atoms with Crippen molar-refractivity contribution >= 4 is 29.0 Å². The fraction of sp³-hybridized carbons (Fsp3) is 0.500. The number of carbonyl (C=O) groups is 1. The Balaban J connectivity index is 1.95. The van der Waals surface area contributed by atoms with Crippen LogP contribution in [0.3, 0.4) is 0 Å². The molecule has 0 N–H and O–H groups in total. The Bertz CT molecular complexity index is 408. The van der Waals surface area contributed by atoms with Gasteiger partial charge in [-0.2, -0.15) is 0 Å². The second-order valence-corrected chi connectivity index (χ2v) is 5.49. The molecule has 0 atom stereocenters. The fourth-order valence-electron chi connectivity index (χ4n) is 2.33. The molecule has 1 aromatic rings. The zero-order valence-electron chi connectivity index (χ0n) is 10.3. The molecule has 0 saturated carbocycles. The number of hydrogen-bond acceptors (Lipinski definition) is 2. The van der Waals surface area contributed by atoms with E-state index in [0.717, 1.165) is 19.6 Å². The van der Waals surface area contributed by atoms with Crippen LogP contribution in [0.15, 0.2) is 18.2 Å². The number of hydrogen-bond donors (Lipinski definition) is 0. The van der Waals surface area contributed by atoms with Gasteiger partial charge >= 0.3 is 0 Å². The molecule has 2 rings (SSSR count). The first-order valence-electron chi connectivity index (χ1n) is 6.38. The van der Waals surface area contributed by atoms with Gasteiger partial charge in [0.25, 0.3) is 0 Å². The molecule has 4 heteroatoms. The first-order valence-corrected chi connectivity index (χ1v) is 7.13. The maximum Gasteiger partial charge on any atom is 0.167 e. The first-order chi connectivity index (χ1) is 8.68. The molecule has 1 heterocycles. The molecule has 0 bridgehead atoms. The molecule has 1 aliphatic rings. The van der Waals surface area contributed by atoms with Gasteiger partial charge in [-0.25, -0.2) is 0 Å².